The molecule has 1 atom stereocenters. The third-order valence-corrected chi connectivity index (χ3v) is 4.52. The average Bonchev–Trinajstić information content (AvgIpc) is 2.40. The molecular formula is C13H22ClN3O4S. The minimum Gasteiger partial charge on any atom is -0.492 e. The molecule has 22 heavy (non-hydrogen) atoms. The summed E-state index contributed by atoms with van der Waals surface area (Å²) in [6.07, 6.45) is 0. The fraction of sp³-hybridized carbons (Fsp3) is 0.462. The van der Waals surface area contributed by atoms with Gasteiger partial charge in [0.1, 0.15) is 10.6 Å². The van der Waals surface area contributed by atoms with E-state index in [9.17, 15) is 13.2 Å². The van der Waals surface area contributed by atoms with Gasteiger partial charge in [-0.1, -0.05) is 0 Å². The van der Waals surface area contributed by atoms with Crippen molar-refractivity contribution in [3.05, 3.63) is 18.2 Å². The van der Waals surface area contributed by atoms with Crippen molar-refractivity contribution in [1.82, 2.24) is 4.31 Å². The maximum Gasteiger partial charge on any atom is 0.246 e. The number of nitrogens with zero attached hydrogens (tertiary/aromatic N) is 1. The van der Waals surface area contributed by atoms with Crippen molar-refractivity contribution >= 4 is 34.0 Å². The van der Waals surface area contributed by atoms with Gasteiger partial charge in [-0.3, -0.25) is 4.79 Å². The summed E-state index contributed by atoms with van der Waals surface area (Å²) >= 11 is 0. The summed E-state index contributed by atoms with van der Waals surface area (Å²) in [6.45, 7) is 3.64. The summed E-state index contributed by atoms with van der Waals surface area (Å²) in [4.78, 5) is 11.6. The number of benzene rings is 1. The van der Waals surface area contributed by atoms with Crippen LogP contribution in [0.4, 0.5) is 5.69 Å². The van der Waals surface area contributed by atoms with E-state index in [-0.39, 0.29) is 23.1 Å². The van der Waals surface area contributed by atoms with E-state index in [1.807, 2.05) is 0 Å². The zero-order valence-electron chi connectivity index (χ0n) is 13.0. The molecule has 1 amide bonds. The minimum absolute atomic E-state index is 0. The van der Waals surface area contributed by atoms with Crippen molar-refractivity contribution in [2.45, 2.75) is 24.8 Å². The van der Waals surface area contributed by atoms with E-state index in [4.69, 9.17) is 10.5 Å². The first kappa shape index (κ1) is 20.6. The SMILES string of the molecule is CCOc1ccc(NC(=O)[C@@H](C)N)cc1S(=O)(=O)N(C)C.Cl. The fourth-order valence-corrected chi connectivity index (χ4v) is 2.57. The molecule has 0 aliphatic carbocycles. The van der Waals surface area contributed by atoms with Crippen LogP contribution >= 0.6 is 12.4 Å². The van der Waals surface area contributed by atoms with E-state index in [1.165, 1.54) is 26.2 Å². The van der Waals surface area contributed by atoms with Gasteiger partial charge < -0.3 is 15.8 Å². The molecule has 0 spiro atoms. The summed E-state index contributed by atoms with van der Waals surface area (Å²) in [6, 6.07) is 3.75. The zero-order chi connectivity index (χ0) is 16.2. The number of hydrogen-bond donors (Lipinski definition) is 2. The topological polar surface area (TPSA) is 102 Å². The molecule has 1 aromatic rings. The van der Waals surface area contributed by atoms with Gasteiger partial charge in [0.25, 0.3) is 0 Å². The first-order valence-corrected chi connectivity index (χ1v) is 7.90. The van der Waals surface area contributed by atoms with Gasteiger partial charge in [0.05, 0.1) is 12.6 Å². The zero-order valence-corrected chi connectivity index (χ0v) is 14.6. The molecule has 0 aliphatic heterocycles. The van der Waals surface area contributed by atoms with Gasteiger partial charge in [-0.2, -0.15) is 0 Å². The van der Waals surface area contributed by atoms with Crippen LogP contribution in [0.25, 0.3) is 0 Å². The first-order chi connectivity index (χ1) is 9.70. The molecule has 0 heterocycles. The van der Waals surface area contributed by atoms with E-state index >= 15 is 0 Å². The van der Waals surface area contributed by atoms with Crippen molar-refractivity contribution in [2.75, 3.05) is 26.0 Å². The molecule has 0 unspecified atom stereocenters. The molecule has 0 radical (unpaired) electrons. The maximum absolute atomic E-state index is 12.3. The molecule has 0 aliphatic rings. The van der Waals surface area contributed by atoms with Crippen molar-refractivity contribution in [3.8, 4) is 5.75 Å². The van der Waals surface area contributed by atoms with Crippen LogP contribution < -0.4 is 15.8 Å². The van der Waals surface area contributed by atoms with Crippen LogP contribution in [0.5, 0.6) is 5.75 Å². The van der Waals surface area contributed by atoms with Gasteiger partial charge in [0.2, 0.25) is 15.9 Å². The van der Waals surface area contributed by atoms with E-state index < -0.39 is 22.0 Å². The molecule has 9 heteroatoms. The number of amides is 1. The van der Waals surface area contributed by atoms with Crippen molar-refractivity contribution in [2.24, 2.45) is 5.73 Å². The summed E-state index contributed by atoms with van der Waals surface area (Å²) in [5.74, 6) is -0.155. The second kappa shape index (κ2) is 8.33. The van der Waals surface area contributed by atoms with Gasteiger partial charge in [0.15, 0.2) is 0 Å². The van der Waals surface area contributed by atoms with Crippen molar-refractivity contribution in [1.29, 1.82) is 0 Å². The summed E-state index contributed by atoms with van der Waals surface area (Å²) in [5, 5.41) is 2.56. The lowest BCUT2D eigenvalue weighted by molar-refractivity contribution is -0.117. The molecule has 1 aromatic carbocycles. The second-order valence-electron chi connectivity index (χ2n) is 4.66. The molecule has 0 fully saturated rings. The lowest BCUT2D eigenvalue weighted by atomic mass is 10.2. The molecule has 0 aromatic heterocycles. The predicted octanol–water partition coefficient (Wildman–Crippen LogP) is 1.04. The Morgan fingerprint density at radius 1 is 1.41 bits per heavy atom. The van der Waals surface area contributed by atoms with Crippen LogP contribution in [0, 0.1) is 0 Å². The van der Waals surface area contributed by atoms with Gasteiger partial charge in [-0.05, 0) is 32.0 Å². The normalized spacial score (nSPS) is 12.5. The Kier molecular flexibility index (Phi) is 7.82. The number of nitrogens with one attached hydrogen (secondary N) is 1. The number of sulfonamides is 1. The Bertz CT molecular complexity index is 618. The third-order valence-electron chi connectivity index (χ3n) is 2.68. The predicted molar refractivity (Wildman–Crippen MR) is 88.0 cm³/mol. The monoisotopic (exact) mass is 351 g/mol. The van der Waals surface area contributed by atoms with Crippen LogP contribution in [-0.2, 0) is 14.8 Å². The number of carbonyl (C=O) groups excluding carboxylic acids is 1. The number of nitrogens with two attached hydrogens (primary N) is 1. The van der Waals surface area contributed by atoms with Gasteiger partial charge in [0, 0.05) is 19.8 Å². The summed E-state index contributed by atoms with van der Waals surface area (Å²) in [5.41, 5.74) is 5.82. The number of hydrogen-bond acceptors (Lipinski definition) is 5. The molecular weight excluding hydrogens is 330 g/mol. The number of rotatable bonds is 6. The standard InChI is InChI=1S/C13H21N3O4S.ClH/c1-5-20-11-7-6-10(15-13(17)9(2)14)8-12(11)21(18,19)16(3)4;/h6-9H,5,14H2,1-4H3,(H,15,17);1H/t9-;/m1./s1. The lowest BCUT2D eigenvalue weighted by Gasteiger charge is -2.17. The van der Waals surface area contributed by atoms with Gasteiger partial charge in [-0.25, -0.2) is 12.7 Å². The van der Waals surface area contributed by atoms with Crippen molar-refractivity contribution < 1.29 is 17.9 Å². The molecule has 0 bridgehead atoms. The smallest absolute Gasteiger partial charge is 0.246 e. The fourth-order valence-electron chi connectivity index (χ4n) is 1.51. The van der Waals surface area contributed by atoms with Crippen LogP contribution in [0.15, 0.2) is 23.1 Å². The highest BCUT2D eigenvalue weighted by Gasteiger charge is 2.23. The highest BCUT2D eigenvalue weighted by Crippen LogP contribution is 2.29. The first-order valence-electron chi connectivity index (χ1n) is 6.46. The van der Waals surface area contributed by atoms with Crippen LogP contribution in [0.3, 0.4) is 0 Å². The molecule has 7 nitrogen and oxygen atoms in total. The lowest BCUT2D eigenvalue weighted by Crippen LogP contribution is -2.32. The Balaban J connectivity index is 0.00000441. The Morgan fingerprint density at radius 3 is 2.45 bits per heavy atom. The molecule has 0 saturated heterocycles. The maximum atomic E-state index is 12.3. The second-order valence-corrected chi connectivity index (χ2v) is 6.78. The number of halogens is 1. The molecule has 1 rings (SSSR count). The Morgan fingerprint density at radius 2 is 2.00 bits per heavy atom. The summed E-state index contributed by atoms with van der Waals surface area (Å²) < 4.78 is 31.0. The average molecular weight is 352 g/mol. The minimum atomic E-state index is -3.68. The van der Waals surface area contributed by atoms with Crippen LogP contribution in [-0.4, -0.2) is 45.4 Å². The van der Waals surface area contributed by atoms with E-state index in [0.717, 1.165) is 4.31 Å². The quantitative estimate of drug-likeness (QED) is 0.797. The number of anilines is 1. The summed E-state index contributed by atoms with van der Waals surface area (Å²) in [7, 11) is -0.825. The Hall–Kier alpha value is -1.35. The number of ether oxygens (including phenoxy) is 1. The number of carbonyl (C=O) groups is 1. The van der Waals surface area contributed by atoms with E-state index in [1.54, 1.807) is 19.9 Å². The molecule has 3 N–H and O–H groups in total. The van der Waals surface area contributed by atoms with Gasteiger partial charge in [-0.15, -0.1) is 12.4 Å². The molecule has 126 valence electrons. The van der Waals surface area contributed by atoms with Crippen LogP contribution in [0.2, 0.25) is 0 Å². The highest BCUT2D eigenvalue weighted by molar-refractivity contribution is 7.89. The van der Waals surface area contributed by atoms with Crippen LogP contribution in [0.1, 0.15) is 13.8 Å². The molecule has 0 saturated carbocycles. The van der Waals surface area contributed by atoms with E-state index in [2.05, 4.69) is 5.32 Å². The Labute approximate surface area is 137 Å². The van der Waals surface area contributed by atoms with Gasteiger partial charge >= 0.3 is 0 Å². The van der Waals surface area contributed by atoms with E-state index in [0.29, 0.717) is 12.3 Å². The highest BCUT2D eigenvalue weighted by atomic mass is 35.5. The third kappa shape index (κ3) is 4.84. The van der Waals surface area contributed by atoms with Crippen molar-refractivity contribution in [3.63, 3.8) is 0 Å². The largest absolute Gasteiger partial charge is 0.492 e.